The smallest absolute Gasteiger partial charge is 0.245 e. The Morgan fingerprint density at radius 1 is 1.31 bits per heavy atom. The van der Waals surface area contributed by atoms with Crippen molar-refractivity contribution in [1.29, 1.82) is 0 Å². The van der Waals surface area contributed by atoms with Gasteiger partial charge in [-0.15, -0.1) is 0 Å². The molecule has 2 aromatic heterocycles. The molecule has 0 spiro atoms. The van der Waals surface area contributed by atoms with Gasteiger partial charge in [-0.05, 0) is 19.1 Å². The average Bonchev–Trinajstić information content (AvgIpc) is 3.20. The van der Waals surface area contributed by atoms with Crippen LogP contribution in [0.1, 0.15) is 11.3 Å². The largest absolute Gasteiger partial charge is 0.497 e. The van der Waals surface area contributed by atoms with Gasteiger partial charge in [0.2, 0.25) is 11.8 Å². The van der Waals surface area contributed by atoms with Gasteiger partial charge in [0.25, 0.3) is 0 Å². The summed E-state index contributed by atoms with van der Waals surface area (Å²) >= 11 is 0. The predicted molar refractivity (Wildman–Crippen MR) is 94.0 cm³/mol. The van der Waals surface area contributed by atoms with E-state index >= 15 is 0 Å². The molecule has 0 saturated heterocycles. The van der Waals surface area contributed by atoms with Crippen molar-refractivity contribution in [2.45, 2.75) is 13.3 Å². The van der Waals surface area contributed by atoms with Gasteiger partial charge < -0.3 is 23.9 Å². The van der Waals surface area contributed by atoms with Crippen molar-refractivity contribution in [3.63, 3.8) is 0 Å². The second-order valence-electron chi connectivity index (χ2n) is 5.92. The van der Waals surface area contributed by atoms with E-state index in [-0.39, 0.29) is 24.8 Å². The van der Waals surface area contributed by atoms with E-state index < -0.39 is 0 Å². The van der Waals surface area contributed by atoms with E-state index in [1.807, 2.05) is 12.1 Å². The first-order chi connectivity index (χ1) is 12.5. The molecule has 0 saturated carbocycles. The molecule has 0 unspecified atom stereocenters. The lowest BCUT2D eigenvalue weighted by atomic mass is 10.1. The van der Waals surface area contributed by atoms with Crippen LogP contribution in [0.5, 0.6) is 5.75 Å². The van der Waals surface area contributed by atoms with Crippen molar-refractivity contribution in [1.82, 2.24) is 10.1 Å². The van der Waals surface area contributed by atoms with E-state index in [1.54, 1.807) is 39.5 Å². The SMILES string of the molecule is COc1ccc2c(CC(=O)N(C)CC(=O)Nc3cc(C)on3)coc2c1. The van der Waals surface area contributed by atoms with Crippen LogP contribution < -0.4 is 10.1 Å². The van der Waals surface area contributed by atoms with Gasteiger partial charge in [-0.3, -0.25) is 9.59 Å². The fourth-order valence-corrected chi connectivity index (χ4v) is 2.54. The molecule has 0 aliphatic heterocycles. The Kier molecular flexibility index (Phi) is 4.92. The lowest BCUT2D eigenvalue weighted by Gasteiger charge is -2.16. The molecule has 2 amide bonds. The van der Waals surface area contributed by atoms with Gasteiger partial charge in [-0.1, -0.05) is 5.16 Å². The molecular formula is C18H19N3O5. The molecule has 8 heteroatoms. The van der Waals surface area contributed by atoms with Gasteiger partial charge in [0.05, 0.1) is 26.3 Å². The number of amides is 2. The molecule has 0 fully saturated rings. The van der Waals surface area contributed by atoms with Gasteiger partial charge in [0, 0.05) is 30.1 Å². The Hall–Kier alpha value is -3.29. The molecule has 3 aromatic rings. The monoisotopic (exact) mass is 357 g/mol. The van der Waals surface area contributed by atoms with Crippen LogP contribution in [-0.2, 0) is 16.0 Å². The van der Waals surface area contributed by atoms with E-state index in [1.165, 1.54) is 4.90 Å². The molecular weight excluding hydrogens is 338 g/mol. The van der Waals surface area contributed by atoms with Crippen molar-refractivity contribution in [2.75, 3.05) is 26.0 Å². The van der Waals surface area contributed by atoms with Gasteiger partial charge in [-0.2, -0.15) is 0 Å². The fraction of sp³-hybridized carbons (Fsp3) is 0.278. The minimum absolute atomic E-state index is 0.0889. The third-order valence-electron chi connectivity index (χ3n) is 3.91. The Labute approximate surface area is 149 Å². The summed E-state index contributed by atoms with van der Waals surface area (Å²) < 4.78 is 15.5. The number of ether oxygens (including phenoxy) is 1. The number of carbonyl (C=O) groups is 2. The number of anilines is 1. The molecule has 0 aliphatic rings. The number of hydrogen-bond donors (Lipinski definition) is 1. The van der Waals surface area contributed by atoms with Crippen LogP contribution >= 0.6 is 0 Å². The number of rotatable bonds is 6. The second-order valence-corrected chi connectivity index (χ2v) is 5.92. The molecule has 1 N–H and O–H groups in total. The molecule has 2 heterocycles. The van der Waals surface area contributed by atoms with Gasteiger partial charge in [0.15, 0.2) is 5.82 Å². The predicted octanol–water partition coefficient (Wildman–Crippen LogP) is 2.38. The topological polar surface area (TPSA) is 97.8 Å². The number of likely N-dealkylation sites (N-methyl/N-ethyl adjacent to an activating group) is 1. The van der Waals surface area contributed by atoms with Crippen molar-refractivity contribution >= 4 is 28.6 Å². The summed E-state index contributed by atoms with van der Waals surface area (Å²) in [5.74, 6) is 1.05. The number of hydrogen-bond acceptors (Lipinski definition) is 6. The molecule has 0 atom stereocenters. The van der Waals surface area contributed by atoms with Crippen LogP contribution in [0.25, 0.3) is 11.0 Å². The third kappa shape index (κ3) is 3.85. The van der Waals surface area contributed by atoms with Crippen LogP contribution in [0, 0.1) is 6.92 Å². The first kappa shape index (κ1) is 17.5. The average molecular weight is 357 g/mol. The first-order valence-corrected chi connectivity index (χ1v) is 7.97. The highest BCUT2D eigenvalue weighted by Gasteiger charge is 2.17. The number of aromatic nitrogens is 1. The summed E-state index contributed by atoms with van der Waals surface area (Å²) in [5.41, 5.74) is 1.40. The summed E-state index contributed by atoms with van der Waals surface area (Å²) in [4.78, 5) is 25.8. The lowest BCUT2D eigenvalue weighted by molar-refractivity contribution is -0.132. The number of furan rings is 1. The van der Waals surface area contributed by atoms with E-state index in [2.05, 4.69) is 10.5 Å². The highest BCUT2D eigenvalue weighted by molar-refractivity contribution is 5.95. The van der Waals surface area contributed by atoms with Gasteiger partial charge in [0.1, 0.15) is 17.1 Å². The third-order valence-corrected chi connectivity index (χ3v) is 3.91. The Balaban J connectivity index is 1.61. The molecule has 0 bridgehead atoms. The van der Waals surface area contributed by atoms with Crippen molar-refractivity contribution in [3.8, 4) is 5.75 Å². The van der Waals surface area contributed by atoms with Crippen LogP contribution in [0.15, 0.2) is 39.5 Å². The Morgan fingerprint density at radius 2 is 2.12 bits per heavy atom. The molecule has 0 aliphatic carbocycles. The standard InChI is InChI=1S/C18H19N3O5/c1-11-6-16(20-26-11)19-17(22)9-21(2)18(23)7-12-10-25-15-8-13(24-3)4-5-14(12)15/h4-6,8,10H,7,9H2,1-3H3,(H,19,20,22). The minimum atomic E-state index is -0.351. The maximum Gasteiger partial charge on any atom is 0.245 e. The fourth-order valence-electron chi connectivity index (χ4n) is 2.54. The van der Waals surface area contributed by atoms with E-state index in [9.17, 15) is 9.59 Å². The number of fused-ring (bicyclic) bond motifs is 1. The molecule has 1 aromatic carbocycles. The zero-order valence-electron chi connectivity index (χ0n) is 14.7. The van der Waals surface area contributed by atoms with Gasteiger partial charge in [-0.25, -0.2) is 0 Å². The second kappa shape index (κ2) is 7.30. The van der Waals surface area contributed by atoms with Crippen LogP contribution in [0.3, 0.4) is 0 Å². The number of nitrogens with zero attached hydrogens (tertiary/aromatic N) is 2. The number of methoxy groups -OCH3 is 1. The van der Waals surface area contributed by atoms with E-state index in [4.69, 9.17) is 13.7 Å². The highest BCUT2D eigenvalue weighted by atomic mass is 16.5. The Morgan fingerprint density at radius 3 is 2.81 bits per heavy atom. The maximum absolute atomic E-state index is 12.4. The number of carbonyl (C=O) groups excluding carboxylic acids is 2. The van der Waals surface area contributed by atoms with Crippen molar-refractivity contribution < 1.29 is 23.3 Å². The van der Waals surface area contributed by atoms with E-state index in [0.717, 1.165) is 10.9 Å². The maximum atomic E-state index is 12.4. The molecule has 0 radical (unpaired) electrons. The number of benzene rings is 1. The molecule has 136 valence electrons. The minimum Gasteiger partial charge on any atom is -0.497 e. The summed E-state index contributed by atoms with van der Waals surface area (Å²) in [5, 5.41) is 7.11. The lowest BCUT2D eigenvalue weighted by Crippen LogP contribution is -2.35. The Bertz CT molecular complexity index is 943. The molecule has 26 heavy (non-hydrogen) atoms. The van der Waals surface area contributed by atoms with Crippen LogP contribution in [-0.4, -0.2) is 42.6 Å². The summed E-state index contributed by atoms with van der Waals surface area (Å²) in [7, 11) is 3.15. The van der Waals surface area contributed by atoms with E-state index in [0.29, 0.717) is 22.9 Å². The summed E-state index contributed by atoms with van der Waals surface area (Å²) in [6.07, 6.45) is 1.68. The number of aryl methyl sites for hydroxylation is 1. The summed E-state index contributed by atoms with van der Waals surface area (Å²) in [6, 6.07) is 7.02. The van der Waals surface area contributed by atoms with Crippen LogP contribution in [0.4, 0.5) is 5.82 Å². The molecule has 3 rings (SSSR count). The van der Waals surface area contributed by atoms with Crippen molar-refractivity contribution in [2.24, 2.45) is 0 Å². The zero-order chi connectivity index (χ0) is 18.7. The number of nitrogens with one attached hydrogen (secondary N) is 1. The van der Waals surface area contributed by atoms with Crippen LogP contribution in [0.2, 0.25) is 0 Å². The molecule has 8 nitrogen and oxygen atoms in total. The summed E-state index contributed by atoms with van der Waals surface area (Å²) in [6.45, 7) is 1.64. The quantitative estimate of drug-likeness (QED) is 0.727. The van der Waals surface area contributed by atoms with Crippen molar-refractivity contribution in [3.05, 3.63) is 41.9 Å². The van der Waals surface area contributed by atoms with Gasteiger partial charge >= 0.3 is 0 Å². The highest BCUT2D eigenvalue weighted by Crippen LogP contribution is 2.26. The zero-order valence-corrected chi connectivity index (χ0v) is 14.7. The normalized spacial score (nSPS) is 10.7. The first-order valence-electron chi connectivity index (χ1n) is 7.97.